The monoisotopic (exact) mass is 513 g/mol. The number of anilines is 1. The fourth-order valence-electron chi connectivity index (χ4n) is 5.85. The summed E-state index contributed by atoms with van der Waals surface area (Å²) in [7, 11) is 0. The molecule has 5 rings (SSSR count). The van der Waals surface area contributed by atoms with Crippen molar-refractivity contribution in [3.8, 4) is 11.1 Å². The lowest BCUT2D eigenvalue weighted by atomic mass is 9.95. The van der Waals surface area contributed by atoms with Gasteiger partial charge in [-0.25, -0.2) is 4.79 Å². The SMILES string of the molecule is Cc1c(S)c(C)c(N2CCN(C(=O)OCC3c4ccccc4-c4ccccc43)CC2)c(C)c1CN=[N+]=[N-]. The summed E-state index contributed by atoms with van der Waals surface area (Å²) in [5.74, 6) is 0.0544. The first kappa shape index (κ1) is 25.1. The number of carbonyl (C=O) groups excluding carboxylic acids is 1. The molecule has 0 unspecified atom stereocenters. The number of benzene rings is 3. The van der Waals surface area contributed by atoms with Crippen molar-refractivity contribution < 1.29 is 9.53 Å². The van der Waals surface area contributed by atoms with Gasteiger partial charge in [0.25, 0.3) is 0 Å². The predicted octanol–water partition coefficient (Wildman–Crippen LogP) is 6.78. The minimum atomic E-state index is -0.266. The number of thiol groups is 1. The molecule has 3 aromatic carbocycles. The Kier molecular flexibility index (Phi) is 7.04. The van der Waals surface area contributed by atoms with Crippen LogP contribution in [0.5, 0.6) is 0 Å². The maximum Gasteiger partial charge on any atom is 0.409 e. The molecule has 1 aliphatic heterocycles. The van der Waals surface area contributed by atoms with Crippen LogP contribution in [0.2, 0.25) is 0 Å². The van der Waals surface area contributed by atoms with Gasteiger partial charge >= 0.3 is 6.09 Å². The molecule has 0 aromatic heterocycles. The Hall–Kier alpha value is -3.61. The predicted molar refractivity (Wildman–Crippen MR) is 150 cm³/mol. The molecule has 1 saturated heterocycles. The summed E-state index contributed by atoms with van der Waals surface area (Å²) in [6.07, 6.45) is -0.266. The van der Waals surface area contributed by atoms with Gasteiger partial charge in [-0.3, -0.25) is 0 Å². The van der Waals surface area contributed by atoms with E-state index >= 15 is 0 Å². The van der Waals surface area contributed by atoms with E-state index in [0.717, 1.165) is 32.8 Å². The van der Waals surface area contributed by atoms with E-state index < -0.39 is 0 Å². The summed E-state index contributed by atoms with van der Waals surface area (Å²) in [5.41, 5.74) is 19.1. The van der Waals surface area contributed by atoms with Crippen molar-refractivity contribution >= 4 is 24.4 Å². The highest BCUT2D eigenvalue weighted by Crippen LogP contribution is 2.44. The summed E-state index contributed by atoms with van der Waals surface area (Å²) in [6, 6.07) is 16.7. The van der Waals surface area contributed by atoms with Gasteiger partial charge in [0, 0.05) is 47.6 Å². The minimum absolute atomic E-state index is 0.0544. The van der Waals surface area contributed by atoms with Gasteiger partial charge in [0.05, 0.1) is 6.54 Å². The molecule has 0 N–H and O–H groups in total. The largest absolute Gasteiger partial charge is 0.448 e. The van der Waals surface area contributed by atoms with Crippen molar-refractivity contribution in [1.82, 2.24) is 4.90 Å². The quantitative estimate of drug-likeness (QED) is 0.177. The number of amides is 1. The second-order valence-electron chi connectivity index (χ2n) is 9.72. The third-order valence-electron chi connectivity index (χ3n) is 7.81. The average Bonchev–Trinajstić information content (AvgIpc) is 3.24. The van der Waals surface area contributed by atoms with Crippen LogP contribution in [0.1, 0.15) is 39.3 Å². The van der Waals surface area contributed by atoms with Gasteiger partial charge < -0.3 is 14.5 Å². The number of carbonyl (C=O) groups is 1. The summed E-state index contributed by atoms with van der Waals surface area (Å²) >= 11 is 4.75. The Bertz CT molecular complexity index is 1360. The van der Waals surface area contributed by atoms with Gasteiger partial charge in [-0.15, -0.1) is 12.6 Å². The lowest BCUT2D eigenvalue weighted by Crippen LogP contribution is -2.49. The van der Waals surface area contributed by atoms with Crippen LogP contribution in [0.25, 0.3) is 21.6 Å². The van der Waals surface area contributed by atoms with Crippen LogP contribution < -0.4 is 4.90 Å². The lowest BCUT2D eigenvalue weighted by Gasteiger charge is -2.38. The molecule has 0 bridgehead atoms. The zero-order valence-corrected chi connectivity index (χ0v) is 22.3. The van der Waals surface area contributed by atoms with Crippen LogP contribution in [0, 0.1) is 20.8 Å². The number of rotatable bonds is 5. The number of fused-ring (bicyclic) bond motifs is 3. The average molecular weight is 514 g/mol. The first-order valence-corrected chi connectivity index (χ1v) is 13.0. The molecule has 37 heavy (non-hydrogen) atoms. The lowest BCUT2D eigenvalue weighted by molar-refractivity contribution is 0.0976. The summed E-state index contributed by atoms with van der Waals surface area (Å²) in [6.45, 7) is 9.35. The van der Waals surface area contributed by atoms with Crippen molar-refractivity contribution in [2.24, 2.45) is 5.11 Å². The highest BCUT2D eigenvalue weighted by atomic mass is 32.1. The summed E-state index contributed by atoms with van der Waals surface area (Å²) < 4.78 is 5.88. The Morgan fingerprint density at radius 3 is 2.16 bits per heavy atom. The fourth-order valence-corrected chi connectivity index (χ4v) is 6.09. The highest BCUT2D eigenvalue weighted by Gasteiger charge is 2.31. The molecule has 3 aromatic rings. The molecule has 2 aliphatic rings. The number of azide groups is 1. The Morgan fingerprint density at radius 2 is 1.57 bits per heavy atom. The Labute approximate surface area is 223 Å². The molecule has 190 valence electrons. The molecular formula is C29H31N5O2S. The molecule has 1 amide bonds. The minimum Gasteiger partial charge on any atom is -0.448 e. The molecular weight excluding hydrogens is 482 g/mol. The van der Waals surface area contributed by atoms with E-state index in [-0.39, 0.29) is 12.0 Å². The molecule has 0 spiro atoms. The van der Waals surface area contributed by atoms with Crippen molar-refractivity contribution in [1.29, 1.82) is 0 Å². The highest BCUT2D eigenvalue weighted by molar-refractivity contribution is 7.80. The van der Waals surface area contributed by atoms with Crippen molar-refractivity contribution in [2.75, 3.05) is 37.7 Å². The van der Waals surface area contributed by atoms with Crippen LogP contribution in [0.3, 0.4) is 0 Å². The maximum absolute atomic E-state index is 13.1. The summed E-state index contributed by atoms with van der Waals surface area (Å²) in [5, 5.41) is 3.80. The Balaban J connectivity index is 1.26. The maximum atomic E-state index is 13.1. The number of nitrogens with zero attached hydrogens (tertiary/aromatic N) is 5. The van der Waals surface area contributed by atoms with E-state index in [1.165, 1.54) is 22.3 Å². The number of ether oxygens (including phenoxy) is 1. The van der Waals surface area contributed by atoms with Crippen LogP contribution in [-0.2, 0) is 11.3 Å². The van der Waals surface area contributed by atoms with E-state index in [0.29, 0.717) is 39.3 Å². The van der Waals surface area contributed by atoms with E-state index in [2.05, 4.69) is 65.2 Å². The molecule has 0 saturated carbocycles. The topological polar surface area (TPSA) is 81.5 Å². The number of hydrogen-bond donors (Lipinski definition) is 1. The molecule has 0 radical (unpaired) electrons. The second-order valence-corrected chi connectivity index (χ2v) is 10.2. The van der Waals surface area contributed by atoms with Crippen LogP contribution in [-0.4, -0.2) is 43.8 Å². The van der Waals surface area contributed by atoms with E-state index in [1.807, 2.05) is 19.1 Å². The molecule has 8 heteroatoms. The van der Waals surface area contributed by atoms with Gasteiger partial charge in [-0.2, -0.15) is 0 Å². The normalized spacial score (nSPS) is 14.7. The van der Waals surface area contributed by atoms with E-state index in [4.69, 9.17) is 22.9 Å². The fraction of sp³-hybridized carbons (Fsp3) is 0.345. The zero-order valence-electron chi connectivity index (χ0n) is 21.4. The summed E-state index contributed by atoms with van der Waals surface area (Å²) in [4.78, 5) is 21.0. The van der Waals surface area contributed by atoms with Crippen molar-refractivity contribution in [3.63, 3.8) is 0 Å². The van der Waals surface area contributed by atoms with Gasteiger partial charge in [0.15, 0.2) is 0 Å². The van der Waals surface area contributed by atoms with Gasteiger partial charge in [0.2, 0.25) is 0 Å². The van der Waals surface area contributed by atoms with Crippen molar-refractivity contribution in [3.05, 3.63) is 92.4 Å². The third-order valence-corrected chi connectivity index (χ3v) is 8.48. The molecule has 0 atom stereocenters. The molecule has 1 heterocycles. The second kappa shape index (κ2) is 10.4. The molecule has 1 aliphatic carbocycles. The van der Waals surface area contributed by atoms with E-state index in [1.54, 1.807) is 4.90 Å². The Morgan fingerprint density at radius 1 is 0.973 bits per heavy atom. The number of hydrogen-bond acceptors (Lipinski definition) is 5. The van der Waals surface area contributed by atoms with Crippen LogP contribution >= 0.6 is 12.6 Å². The van der Waals surface area contributed by atoms with Gasteiger partial charge in [-0.1, -0.05) is 53.6 Å². The van der Waals surface area contributed by atoms with Crippen LogP contribution in [0.4, 0.5) is 10.5 Å². The van der Waals surface area contributed by atoms with Crippen LogP contribution in [0.15, 0.2) is 58.5 Å². The number of piperazine rings is 1. The molecule has 1 fully saturated rings. The zero-order chi connectivity index (χ0) is 26.1. The standard InChI is InChI=1S/C29H31N5O2S/c1-18-25(16-31-32-30)19(2)28(37)20(3)27(18)33-12-14-34(15-13-33)29(35)36-17-26-23-10-6-4-8-21(23)22-9-5-7-11-24(22)26/h4-11,26,37H,12-17H2,1-3H3. The van der Waals surface area contributed by atoms with Crippen molar-refractivity contribution in [2.45, 2.75) is 38.1 Å². The van der Waals surface area contributed by atoms with Gasteiger partial charge in [-0.05, 0) is 70.8 Å². The first-order chi connectivity index (χ1) is 17.9. The smallest absolute Gasteiger partial charge is 0.409 e. The first-order valence-electron chi connectivity index (χ1n) is 12.6. The van der Waals surface area contributed by atoms with E-state index in [9.17, 15) is 4.79 Å². The third kappa shape index (κ3) is 4.52. The van der Waals surface area contributed by atoms with Gasteiger partial charge in [0.1, 0.15) is 6.61 Å². The molecule has 7 nitrogen and oxygen atoms in total.